The second kappa shape index (κ2) is 7.36. The molecule has 0 aliphatic heterocycles. The molecular weight excluding hydrogens is 433 g/mol. The summed E-state index contributed by atoms with van der Waals surface area (Å²) >= 11 is 2.40. The first kappa shape index (κ1) is 19.7. The van der Waals surface area contributed by atoms with E-state index in [4.69, 9.17) is 0 Å². The van der Waals surface area contributed by atoms with Gasteiger partial charge in [0.25, 0.3) is 10.0 Å². The highest BCUT2D eigenvalue weighted by atomic mass is 32.2. The molecular formula is C19H16FN3O3S3. The Labute approximate surface area is 174 Å². The third-order valence-electron chi connectivity index (χ3n) is 4.42. The van der Waals surface area contributed by atoms with Crippen LogP contribution in [0.1, 0.15) is 0 Å². The monoisotopic (exact) mass is 449 g/mol. The van der Waals surface area contributed by atoms with E-state index in [1.165, 1.54) is 39.1 Å². The van der Waals surface area contributed by atoms with Crippen molar-refractivity contribution in [2.24, 2.45) is 14.1 Å². The summed E-state index contributed by atoms with van der Waals surface area (Å²) in [6, 6.07) is 12.5. The normalized spacial score (nSPS) is 11.8. The van der Waals surface area contributed by atoms with Crippen molar-refractivity contribution in [1.29, 1.82) is 0 Å². The molecule has 0 saturated carbocycles. The molecule has 0 spiro atoms. The Morgan fingerprint density at radius 2 is 1.69 bits per heavy atom. The van der Waals surface area contributed by atoms with Crippen LogP contribution in [0.4, 0.5) is 10.1 Å². The van der Waals surface area contributed by atoms with Crippen molar-refractivity contribution in [2.45, 2.75) is 14.0 Å². The maximum atomic E-state index is 13.3. The number of nitrogens with zero attached hydrogens (tertiary/aromatic N) is 2. The first-order valence-corrected chi connectivity index (χ1v) is 11.6. The third-order valence-corrected chi connectivity index (χ3v) is 8.25. The highest BCUT2D eigenvalue weighted by molar-refractivity contribution is 7.99. The molecule has 0 atom stereocenters. The van der Waals surface area contributed by atoms with Crippen LogP contribution in [0.3, 0.4) is 0 Å². The molecule has 0 radical (unpaired) electrons. The van der Waals surface area contributed by atoms with Gasteiger partial charge < -0.3 is 0 Å². The number of thiophene rings is 1. The molecule has 0 bridgehead atoms. The molecule has 0 aliphatic carbocycles. The molecule has 150 valence electrons. The molecule has 0 aliphatic rings. The number of halogens is 1. The first-order valence-electron chi connectivity index (χ1n) is 8.45. The maximum absolute atomic E-state index is 13.3. The average Bonchev–Trinajstić information content (AvgIpc) is 3.30. The Balaban J connectivity index is 1.86. The molecule has 0 unspecified atom stereocenters. The van der Waals surface area contributed by atoms with Crippen LogP contribution in [0.5, 0.6) is 0 Å². The molecule has 0 saturated heterocycles. The summed E-state index contributed by atoms with van der Waals surface area (Å²) in [6.07, 6.45) is 0. The van der Waals surface area contributed by atoms with Gasteiger partial charge in [0, 0.05) is 23.9 Å². The third kappa shape index (κ3) is 3.70. The van der Waals surface area contributed by atoms with E-state index in [0.717, 1.165) is 16.2 Å². The number of imidazole rings is 1. The summed E-state index contributed by atoms with van der Waals surface area (Å²) in [5, 5.41) is 1.69. The first-order chi connectivity index (χ1) is 13.8. The van der Waals surface area contributed by atoms with Crippen molar-refractivity contribution in [3.63, 3.8) is 0 Å². The molecule has 0 amide bonds. The van der Waals surface area contributed by atoms with Gasteiger partial charge in [-0.25, -0.2) is 17.6 Å². The standard InChI is InChI=1S/C19H16FN3O3S3/c1-22-15-10-14(21-29(25,26)18-4-3-9-27-18)17(11-16(15)23(2)19(22)24)28-13-7-5-12(20)6-8-13/h3-11,21H,1-2H3. The molecule has 6 nitrogen and oxygen atoms in total. The number of aryl methyl sites for hydroxylation is 2. The molecule has 10 heteroatoms. The van der Waals surface area contributed by atoms with Crippen molar-refractivity contribution in [1.82, 2.24) is 9.13 Å². The van der Waals surface area contributed by atoms with Gasteiger partial charge in [-0.05, 0) is 47.8 Å². The van der Waals surface area contributed by atoms with Crippen molar-refractivity contribution >= 4 is 49.8 Å². The Morgan fingerprint density at radius 3 is 2.31 bits per heavy atom. The van der Waals surface area contributed by atoms with Crippen LogP contribution < -0.4 is 10.4 Å². The van der Waals surface area contributed by atoms with Crippen molar-refractivity contribution in [3.8, 4) is 0 Å². The molecule has 2 aromatic heterocycles. The minimum atomic E-state index is -3.78. The molecule has 0 fully saturated rings. The number of hydrogen-bond donors (Lipinski definition) is 1. The minimum absolute atomic E-state index is 0.192. The highest BCUT2D eigenvalue weighted by Crippen LogP contribution is 2.37. The second-order valence-corrected chi connectivity index (χ2v) is 10.3. The zero-order valence-corrected chi connectivity index (χ0v) is 17.9. The quantitative estimate of drug-likeness (QED) is 0.499. The number of nitrogens with one attached hydrogen (secondary N) is 1. The fraction of sp³-hybridized carbons (Fsp3) is 0.105. The number of anilines is 1. The maximum Gasteiger partial charge on any atom is 0.328 e. The van der Waals surface area contributed by atoms with E-state index in [-0.39, 0.29) is 15.7 Å². The number of rotatable bonds is 5. The van der Waals surface area contributed by atoms with Crippen LogP contribution >= 0.6 is 23.1 Å². The lowest BCUT2D eigenvalue weighted by Crippen LogP contribution is -2.19. The van der Waals surface area contributed by atoms with Gasteiger partial charge in [0.2, 0.25) is 0 Å². The molecule has 1 N–H and O–H groups in total. The van der Waals surface area contributed by atoms with Gasteiger partial charge in [-0.15, -0.1) is 11.3 Å². The summed E-state index contributed by atoms with van der Waals surface area (Å²) in [4.78, 5) is 13.7. The van der Waals surface area contributed by atoms with Crippen molar-refractivity contribution < 1.29 is 12.8 Å². The Morgan fingerprint density at radius 1 is 1.03 bits per heavy atom. The summed E-state index contributed by atoms with van der Waals surface area (Å²) in [5.41, 5.74) is 1.41. The van der Waals surface area contributed by atoms with Crippen molar-refractivity contribution in [2.75, 3.05) is 4.72 Å². The fourth-order valence-corrected chi connectivity index (χ4v) is 5.98. The van der Waals surface area contributed by atoms with Crippen LogP contribution in [-0.2, 0) is 24.1 Å². The van der Waals surface area contributed by atoms with E-state index >= 15 is 0 Å². The Kier molecular flexibility index (Phi) is 5.01. The van der Waals surface area contributed by atoms with Gasteiger partial charge in [0.15, 0.2) is 0 Å². The van der Waals surface area contributed by atoms with Crippen LogP contribution in [0.25, 0.3) is 11.0 Å². The van der Waals surface area contributed by atoms with Crippen LogP contribution in [-0.4, -0.2) is 17.6 Å². The number of sulfonamides is 1. The summed E-state index contributed by atoms with van der Waals surface area (Å²) in [7, 11) is -0.482. The average molecular weight is 450 g/mol. The smallest absolute Gasteiger partial charge is 0.295 e. The van der Waals surface area contributed by atoms with Gasteiger partial charge in [-0.3, -0.25) is 13.9 Å². The van der Waals surface area contributed by atoms with Crippen LogP contribution in [0.15, 0.2) is 72.7 Å². The lowest BCUT2D eigenvalue weighted by molar-refractivity contribution is 0.603. The molecule has 2 heterocycles. The lowest BCUT2D eigenvalue weighted by Gasteiger charge is -2.13. The number of benzene rings is 2. The van der Waals surface area contributed by atoms with Crippen LogP contribution in [0.2, 0.25) is 0 Å². The largest absolute Gasteiger partial charge is 0.328 e. The van der Waals surface area contributed by atoms with E-state index < -0.39 is 10.0 Å². The van der Waals surface area contributed by atoms with Crippen LogP contribution in [0, 0.1) is 5.82 Å². The van der Waals surface area contributed by atoms with E-state index in [9.17, 15) is 17.6 Å². The van der Waals surface area contributed by atoms with E-state index in [1.54, 1.807) is 49.8 Å². The Hall–Kier alpha value is -2.56. The molecule has 4 aromatic rings. The van der Waals surface area contributed by atoms with E-state index in [2.05, 4.69) is 4.72 Å². The van der Waals surface area contributed by atoms with Gasteiger partial charge in [0.05, 0.1) is 16.7 Å². The van der Waals surface area contributed by atoms with Crippen molar-refractivity contribution in [3.05, 3.63) is 70.2 Å². The number of aromatic nitrogens is 2. The van der Waals surface area contributed by atoms with Gasteiger partial charge in [-0.2, -0.15) is 0 Å². The molecule has 4 rings (SSSR count). The summed E-state index contributed by atoms with van der Waals surface area (Å²) < 4.78 is 44.6. The number of hydrogen-bond acceptors (Lipinski definition) is 5. The van der Waals surface area contributed by atoms with Gasteiger partial charge in [-0.1, -0.05) is 17.8 Å². The lowest BCUT2D eigenvalue weighted by atomic mass is 10.3. The zero-order valence-electron chi connectivity index (χ0n) is 15.4. The fourth-order valence-electron chi connectivity index (χ4n) is 2.93. The minimum Gasteiger partial charge on any atom is -0.295 e. The molecule has 29 heavy (non-hydrogen) atoms. The zero-order chi connectivity index (χ0) is 20.8. The summed E-state index contributed by atoms with van der Waals surface area (Å²) in [5.74, 6) is -0.353. The predicted molar refractivity (Wildman–Crippen MR) is 114 cm³/mol. The topological polar surface area (TPSA) is 73.1 Å². The highest BCUT2D eigenvalue weighted by Gasteiger charge is 2.20. The Bertz CT molecular complexity index is 1360. The number of fused-ring (bicyclic) bond motifs is 1. The second-order valence-electron chi connectivity index (χ2n) is 6.33. The predicted octanol–water partition coefficient (Wildman–Crippen LogP) is 4.03. The van der Waals surface area contributed by atoms with Gasteiger partial charge >= 0.3 is 5.69 Å². The molecule has 2 aromatic carbocycles. The SMILES string of the molecule is Cn1c(=O)n(C)c2cc(Sc3ccc(F)cc3)c(NS(=O)(=O)c3cccs3)cc21. The summed E-state index contributed by atoms with van der Waals surface area (Å²) in [6.45, 7) is 0. The van der Waals surface area contributed by atoms with E-state index in [0.29, 0.717) is 21.6 Å². The van der Waals surface area contributed by atoms with E-state index in [1.807, 2.05) is 0 Å². The van der Waals surface area contributed by atoms with Gasteiger partial charge in [0.1, 0.15) is 10.0 Å².